The molecule has 3 heterocycles. The topological polar surface area (TPSA) is 97.6 Å². The van der Waals surface area contributed by atoms with Crippen LogP contribution in [0.4, 0.5) is 0 Å². The maximum Gasteiger partial charge on any atom is 0.254 e. The van der Waals surface area contributed by atoms with Gasteiger partial charge in [-0.05, 0) is 0 Å². The Kier molecular flexibility index (Phi) is 2.62. The van der Waals surface area contributed by atoms with Gasteiger partial charge in [-0.2, -0.15) is 19.9 Å². The Balaban J connectivity index is 1.97. The third-order valence-corrected chi connectivity index (χ3v) is 3.13. The second kappa shape index (κ2) is 4.75. The number of aromatic nitrogens is 7. The van der Waals surface area contributed by atoms with Crippen LogP contribution in [0.15, 0.2) is 49.1 Å². The molecule has 8 nitrogen and oxygen atoms in total. The fourth-order valence-corrected chi connectivity index (χ4v) is 2.14. The SMILES string of the molecule is N#Cc1ncn(-c2cc(-c3ccccc3)nc3ncnn23)n1. The second-order valence-electron chi connectivity index (χ2n) is 4.46. The molecular formula is C14H8N8. The smallest absolute Gasteiger partial charge is 0.211 e. The van der Waals surface area contributed by atoms with Crippen molar-refractivity contribution in [1.82, 2.24) is 34.3 Å². The van der Waals surface area contributed by atoms with Gasteiger partial charge in [0.2, 0.25) is 0 Å². The maximum atomic E-state index is 8.87. The molecule has 0 aliphatic carbocycles. The van der Waals surface area contributed by atoms with Crippen molar-refractivity contribution in [2.45, 2.75) is 0 Å². The van der Waals surface area contributed by atoms with E-state index in [9.17, 15) is 0 Å². The molecule has 4 aromatic rings. The summed E-state index contributed by atoms with van der Waals surface area (Å²) in [6, 6.07) is 13.5. The van der Waals surface area contributed by atoms with Crippen LogP contribution < -0.4 is 0 Å². The predicted octanol–water partition coefficient (Wildman–Crippen LogP) is 1.24. The summed E-state index contributed by atoms with van der Waals surface area (Å²) in [4.78, 5) is 12.5. The van der Waals surface area contributed by atoms with Crippen LogP contribution in [0.3, 0.4) is 0 Å². The first kappa shape index (κ1) is 12.2. The summed E-state index contributed by atoms with van der Waals surface area (Å²) < 4.78 is 3.02. The highest BCUT2D eigenvalue weighted by Gasteiger charge is 2.12. The van der Waals surface area contributed by atoms with Crippen molar-refractivity contribution in [3.63, 3.8) is 0 Å². The molecule has 1 aromatic carbocycles. The van der Waals surface area contributed by atoms with E-state index in [0.29, 0.717) is 11.6 Å². The van der Waals surface area contributed by atoms with Gasteiger partial charge in [0.05, 0.1) is 5.69 Å². The largest absolute Gasteiger partial charge is 0.254 e. The van der Waals surface area contributed by atoms with Crippen molar-refractivity contribution >= 4 is 5.78 Å². The molecule has 0 aliphatic heterocycles. The minimum absolute atomic E-state index is 0.0892. The molecular weight excluding hydrogens is 280 g/mol. The number of rotatable bonds is 2. The van der Waals surface area contributed by atoms with Gasteiger partial charge in [-0.15, -0.1) is 5.10 Å². The molecule has 0 aliphatic rings. The van der Waals surface area contributed by atoms with E-state index in [2.05, 4.69) is 25.1 Å². The van der Waals surface area contributed by atoms with Crippen molar-refractivity contribution in [3.8, 4) is 23.1 Å². The standard InChI is InChI=1S/C14H8N8/c15-7-12-17-9-21(20-12)13-6-11(10-4-2-1-3-5-10)19-14-16-8-18-22(13)14/h1-6,8-9H. The zero-order valence-corrected chi connectivity index (χ0v) is 11.2. The third kappa shape index (κ3) is 1.89. The van der Waals surface area contributed by atoms with Crippen molar-refractivity contribution in [1.29, 1.82) is 5.26 Å². The van der Waals surface area contributed by atoms with Crippen LogP contribution in [0.5, 0.6) is 0 Å². The van der Waals surface area contributed by atoms with Gasteiger partial charge in [-0.3, -0.25) is 0 Å². The van der Waals surface area contributed by atoms with E-state index in [1.807, 2.05) is 42.5 Å². The molecule has 0 saturated carbocycles. The van der Waals surface area contributed by atoms with Crippen molar-refractivity contribution in [3.05, 3.63) is 54.9 Å². The highest BCUT2D eigenvalue weighted by atomic mass is 15.4. The molecule has 3 aromatic heterocycles. The molecule has 0 unspecified atom stereocenters. The summed E-state index contributed by atoms with van der Waals surface area (Å²) >= 11 is 0. The molecule has 0 spiro atoms. The van der Waals surface area contributed by atoms with Crippen LogP contribution in [-0.4, -0.2) is 34.3 Å². The summed E-state index contributed by atoms with van der Waals surface area (Å²) in [5.41, 5.74) is 1.69. The van der Waals surface area contributed by atoms with Crippen LogP contribution in [0.2, 0.25) is 0 Å². The Hall–Kier alpha value is -3.60. The molecule has 8 heteroatoms. The number of fused-ring (bicyclic) bond motifs is 1. The van der Waals surface area contributed by atoms with E-state index in [1.54, 1.807) is 4.52 Å². The minimum Gasteiger partial charge on any atom is -0.211 e. The number of nitriles is 1. The van der Waals surface area contributed by atoms with Crippen molar-refractivity contribution in [2.24, 2.45) is 0 Å². The Morgan fingerprint density at radius 1 is 1.09 bits per heavy atom. The lowest BCUT2D eigenvalue weighted by atomic mass is 10.1. The van der Waals surface area contributed by atoms with Crippen molar-refractivity contribution in [2.75, 3.05) is 0 Å². The van der Waals surface area contributed by atoms with E-state index >= 15 is 0 Å². The van der Waals surface area contributed by atoms with Gasteiger partial charge in [0.15, 0.2) is 5.82 Å². The summed E-state index contributed by atoms with van der Waals surface area (Å²) in [6.45, 7) is 0. The van der Waals surface area contributed by atoms with Crippen LogP contribution in [0.1, 0.15) is 5.82 Å². The molecule has 0 saturated heterocycles. The molecule has 0 radical (unpaired) electrons. The maximum absolute atomic E-state index is 8.87. The molecule has 4 rings (SSSR count). The van der Waals surface area contributed by atoms with Crippen LogP contribution in [0.25, 0.3) is 22.9 Å². The number of benzene rings is 1. The van der Waals surface area contributed by atoms with Gasteiger partial charge in [0, 0.05) is 11.6 Å². The first-order valence-electron chi connectivity index (χ1n) is 6.43. The van der Waals surface area contributed by atoms with Crippen LogP contribution >= 0.6 is 0 Å². The zero-order valence-electron chi connectivity index (χ0n) is 11.2. The summed E-state index contributed by atoms with van der Waals surface area (Å²) in [5.74, 6) is 1.15. The Morgan fingerprint density at radius 2 is 1.95 bits per heavy atom. The fourth-order valence-electron chi connectivity index (χ4n) is 2.14. The molecule has 0 amide bonds. The average Bonchev–Trinajstić information content (AvgIpc) is 3.23. The van der Waals surface area contributed by atoms with Crippen LogP contribution in [0, 0.1) is 11.3 Å². The molecule has 0 fully saturated rings. The highest BCUT2D eigenvalue weighted by molar-refractivity contribution is 5.62. The fraction of sp³-hybridized carbons (Fsp3) is 0. The summed E-state index contributed by atoms with van der Waals surface area (Å²) in [7, 11) is 0. The van der Waals surface area contributed by atoms with E-state index in [4.69, 9.17) is 5.26 Å². The zero-order chi connectivity index (χ0) is 14.9. The average molecular weight is 288 g/mol. The first-order valence-corrected chi connectivity index (χ1v) is 6.43. The Morgan fingerprint density at radius 3 is 2.73 bits per heavy atom. The molecule has 0 atom stereocenters. The first-order chi connectivity index (χ1) is 10.8. The number of hydrogen-bond acceptors (Lipinski definition) is 6. The van der Waals surface area contributed by atoms with Gasteiger partial charge >= 0.3 is 0 Å². The highest BCUT2D eigenvalue weighted by Crippen LogP contribution is 2.20. The van der Waals surface area contributed by atoms with E-state index in [0.717, 1.165) is 11.3 Å². The molecule has 104 valence electrons. The molecule has 0 bridgehead atoms. The van der Waals surface area contributed by atoms with Crippen LogP contribution in [-0.2, 0) is 0 Å². The Bertz CT molecular complexity index is 993. The summed E-state index contributed by atoms with van der Waals surface area (Å²) in [6.07, 6.45) is 2.88. The van der Waals surface area contributed by atoms with Gasteiger partial charge in [0.25, 0.3) is 11.6 Å². The van der Waals surface area contributed by atoms with Gasteiger partial charge in [-0.25, -0.2) is 14.6 Å². The lowest BCUT2D eigenvalue weighted by Crippen LogP contribution is -2.06. The second-order valence-corrected chi connectivity index (χ2v) is 4.46. The normalized spacial score (nSPS) is 10.7. The number of nitrogens with zero attached hydrogens (tertiary/aromatic N) is 8. The quantitative estimate of drug-likeness (QED) is 0.550. The van der Waals surface area contributed by atoms with Crippen molar-refractivity contribution < 1.29 is 0 Å². The van der Waals surface area contributed by atoms with E-state index < -0.39 is 0 Å². The lowest BCUT2D eigenvalue weighted by Gasteiger charge is -2.06. The number of hydrogen-bond donors (Lipinski definition) is 0. The molecule has 22 heavy (non-hydrogen) atoms. The van der Waals surface area contributed by atoms with E-state index in [1.165, 1.54) is 17.3 Å². The summed E-state index contributed by atoms with van der Waals surface area (Å²) in [5, 5.41) is 17.1. The predicted molar refractivity (Wildman–Crippen MR) is 75.9 cm³/mol. The van der Waals surface area contributed by atoms with E-state index in [-0.39, 0.29) is 5.82 Å². The lowest BCUT2D eigenvalue weighted by molar-refractivity contribution is 0.778. The molecule has 0 N–H and O–H groups in total. The van der Waals surface area contributed by atoms with Gasteiger partial charge < -0.3 is 0 Å². The minimum atomic E-state index is 0.0892. The van der Waals surface area contributed by atoms with Gasteiger partial charge in [-0.1, -0.05) is 30.3 Å². The third-order valence-electron chi connectivity index (χ3n) is 3.13. The van der Waals surface area contributed by atoms with Gasteiger partial charge in [0.1, 0.15) is 18.7 Å². The monoisotopic (exact) mass is 288 g/mol. The Labute approximate surface area is 124 Å².